The number of amides is 1. The van der Waals surface area contributed by atoms with Crippen molar-refractivity contribution < 1.29 is 9.53 Å². The first-order valence-electron chi connectivity index (χ1n) is 11.4. The highest BCUT2D eigenvalue weighted by molar-refractivity contribution is 6.01. The Labute approximate surface area is 193 Å². The molecular weight excluding hydrogens is 412 g/mol. The summed E-state index contributed by atoms with van der Waals surface area (Å²) >= 11 is 0. The molecule has 1 aliphatic rings. The molecular formula is C27H28N4O2. The molecule has 0 spiro atoms. The lowest BCUT2D eigenvalue weighted by Crippen LogP contribution is -2.35. The Morgan fingerprint density at radius 1 is 1.06 bits per heavy atom. The minimum Gasteiger partial charge on any atom is -0.490 e. The van der Waals surface area contributed by atoms with Gasteiger partial charge >= 0.3 is 0 Å². The highest BCUT2D eigenvalue weighted by atomic mass is 16.5. The molecule has 0 bridgehead atoms. The maximum Gasteiger partial charge on any atom is 0.251 e. The van der Waals surface area contributed by atoms with Crippen LogP contribution < -0.4 is 10.1 Å². The molecule has 1 amide bonds. The molecule has 1 fully saturated rings. The Morgan fingerprint density at radius 3 is 2.58 bits per heavy atom. The molecule has 4 aromatic rings. The third-order valence-corrected chi connectivity index (χ3v) is 6.22. The van der Waals surface area contributed by atoms with Gasteiger partial charge in [0, 0.05) is 36.1 Å². The molecule has 1 saturated heterocycles. The number of piperidine rings is 1. The molecule has 0 aliphatic carbocycles. The monoisotopic (exact) mass is 440 g/mol. The summed E-state index contributed by atoms with van der Waals surface area (Å²) in [6, 6.07) is 23.6. The van der Waals surface area contributed by atoms with Crippen LogP contribution in [-0.2, 0) is 6.54 Å². The largest absolute Gasteiger partial charge is 0.490 e. The summed E-state index contributed by atoms with van der Waals surface area (Å²) in [4.78, 5) is 15.1. The van der Waals surface area contributed by atoms with E-state index < -0.39 is 0 Å². The molecule has 168 valence electrons. The minimum absolute atomic E-state index is 0.102. The fourth-order valence-corrected chi connectivity index (χ4v) is 4.24. The zero-order valence-corrected chi connectivity index (χ0v) is 18.8. The van der Waals surface area contributed by atoms with E-state index in [9.17, 15) is 4.79 Å². The number of aromatic amines is 1. The Morgan fingerprint density at radius 2 is 1.82 bits per heavy atom. The number of rotatable bonds is 6. The summed E-state index contributed by atoms with van der Waals surface area (Å²) in [5.41, 5.74) is 4.39. The molecule has 1 aliphatic heterocycles. The van der Waals surface area contributed by atoms with Crippen molar-refractivity contribution in [3.8, 4) is 17.0 Å². The number of H-pyrrole nitrogens is 1. The van der Waals surface area contributed by atoms with E-state index in [-0.39, 0.29) is 12.0 Å². The third-order valence-electron chi connectivity index (χ3n) is 6.22. The first kappa shape index (κ1) is 21.2. The first-order chi connectivity index (χ1) is 16.2. The number of fused-ring (bicyclic) bond motifs is 1. The zero-order valence-electron chi connectivity index (χ0n) is 18.8. The predicted octanol–water partition coefficient (Wildman–Crippen LogP) is 4.63. The first-order valence-corrected chi connectivity index (χ1v) is 11.4. The van der Waals surface area contributed by atoms with Gasteiger partial charge in [0.2, 0.25) is 0 Å². The third kappa shape index (κ3) is 4.91. The second-order valence-electron chi connectivity index (χ2n) is 8.65. The number of carbonyl (C=O) groups excluding carboxylic acids is 1. The van der Waals surface area contributed by atoms with Crippen molar-refractivity contribution in [2.45, 2.75) is 25.5 Å². The van der Waals surface area contributed by atoms with E-state index in [4.69, 9.17) is 4.74 Å². The molecule has 0 saturated carbocycles. The average Bonchev–Trinajstić information content (AvgIpc) is 3.28. The van der Waals surface area contributed by atoms with Gasteiger partial charge in [0.05, 0.1) is 11.2 Å². The van der Waals surface area contributed by atoms with Gasteiger partial charge in [0.1, 0.15) is 11.9 Å². The van der Waals surface area contributed by atoms with Crippen LogP contribution in [-0.4, -0.2) is 47.2 Å². The second kappa shape index (κ2) is 9.46. The molecule has 6 nitrogen and oxygen atoms in total. The smallest absolute Gasteiger partial charge is 0.251 e. The number of likely N-dealkylation sites (tertiary alicyclic amines) is 1. The Kier molecular flexibility index (Phi) is 6.09. The van der Waals surface area contributed by atoms with Crippen LogP contribution in [0.2, 0.25) is 0 Å². The number of nitrogens with one attached hydrogen (secondary N) is 2. The van der Waals surface area contributed by atoms with Crippen molar-refractivity contribution in [2.75, 3.05) is 20.1 Å². The van der Waals surface area contributed by atoms with E-state index in [0.717, 1.165) is 59.4 Å². The van der Waals surface area contributed by atoms with Crippen molar-refractivity contribution in [2.24, 2.45) is 0 Å². The van der Waals surface area contributed by atoms with E-state index in [2.05, 4.69) is 27.5 Å². The molecule has 5 rings (SSSR count). The molecule has 0 unspecified atom stereocenters. The Bertz CT molecular complexity index is 1230. The van der Waals surface area contributed by atoms with Crippen LogP contribution in [0, 0.1) is 0 Å². The van der Waals surface area contributed by atoms with Crippen LogP contribution in [0.1, 0.15) is 28.8 Å². The van der Waals surface area contributed by atoms with Crippen LogP contribution in [0.15, 0.2) is 72.8 Å². The van der Waals surface area contributed by atoms with Gasteiger partial charge in [-0.3, -0.25) is 9.89 Å². The molecule has 0 atom stereocenters. The minimum atomic E-state index is -0.102. The van der Waals surface area contributed by atoms with Crippen molar-refractivity contribution >= 4 is 16.8 Å². The quantitative estimate of drug-likeness (QED) is 0.459. The SMILES string of the molecule is CN1CCC(Oc2ccc(-c3n[nH]c4ccc(C(=O)NCc5ccccc5)cc34)cc2)CC1. The summed E-state index contributed by atoms with van der Waals surface area (Å²) in [6.07, 6.45) is 2.38. The molecule has 0 radical (unpaired) electrons. The summed E-state index contributed by atoms with van der Waals surface area (Å²) in [6.45, 7) is 2.64. The van der Waals surface area contributed by atoms with Crippen LogP contribution in [0.5, 0.6) is 5.75 Å². The normalized spacial score (nSPS) is 14.9. The highest BCUT2D eigenvalue weighted by Gasteiger charge is 2.18. The standard InChI is InChI=1S/C27H28N4O2/c1-31-15-13-23(14-16-31)33-22-10-7-20(8-11-22)26-24-17-21(9-12-25(24)29-30-26)27(32)28-18-19-5-3-2-4-6-19/h2-12,17,23H,13-16,18H2,1H3,(H,28,32)(H,29,30). The lowest BCUT2D eigenvalue weighted by Gasteiger charge is -2.29. The van der Waals surface area contributed by atoms with E-state index in [1.54, 1.807) is 0 Å². The van der Waals surface area contributed by atoms with Gasteiger partial charge < -0.3 is 15.0 Å². The van der Waals surface area contributed by atoms with Crippen LogP contribution in [0.4, 0.5) is 0 Å². The van der Waals surface area contributed by atoms with Crippen LogP contribution in [0.3, 0.4) is 0 Å². The van der Waals surface area contributed by atoms with E-state index in [0.29, 0.717) is 12.1 Å². The second-order valence-corrected chi connectivity index (χ2v) is 8.65. The Hall–Kier alpha value is -3.64. The topological polar surface area (TPSA) is 70.2 Å². The van der Waals surface area contributed by atoms with E-state index in [1.165, 1.54) is 0 Å². The fourth-order valence-electron chi connectivity index (χ4n) is 4.24. The van der Waals surface area contributed by atoms with Crippen molar-refractivity contribution in [1.82, 2.24) is 20.4 Å². The molecule has 33 heavy (non-hydrogen) atoms. The van der Waals surface area contributed by atoms with Crippen LogP contribution in [0.25, 0.3) is 22.2 Å². The number of aromatic nitrogens is 2. The number of hydrogen-bond acceptors (Lipinski definition) is 4. The van der Waals surface area contributed by atoms with Gasteiger partial charge in [-0.25, -0.2) is 0 Å². The van der Waals surface area contributed by atoms with E-state index in [1.807, 2.05) is 72.8 Å². The number of nitrogens with zero attached hydrogens (tertiary/aromatic N) is 2. The van der Waals surface area contributed by atoms with Gasteiger partial charge in [-0.2, -0.15) is 5.10 Å². The summed E-state index contributed by atoms with van der Waals surface area (Å²) in [5, 5.41) is 11.5. The summed E-state index contributed by atoms with van der Waals surface area (Å²) in [7, 11) is 2.15. The van der Waals surface area contributed by atoms with Gasteiger partial charge in [-0.05, 0) is 67.9 Å². The number of hydrogen-bond donors (Lipinski definition) is 2. The fraction of sp³-hybridized carbons (Fsp3) is 0.259. The molecule has 1 aromatic heterocycles. The molecule has 6 heteroatoms. The van der Waals surface area contributed by atoms with Crippen LogP contribution >= 0.6 is 0 Å². The van der Waals surface area contributed by atoms with Gasteiger partial charge in [0.15, 0.2) is 0 Å². The van der Waals surface area contributed by atoms with Crippen molar-refractivity contribution in [3.63, 3.8) is 0 Å². The highest BCUT2D eigenvalue weighted by Crippen LogP contribution is 2.29. The number of benzene rings is 3. The maximum absolute atomic E-state index is 12.7. The number of ether oxygens (including phenoxy) is 1. The lowest BCUT2D eigenvalue weighted by atomic mass is 10.0. The molecule has 2 N–H and O–H groups in total. The maximum atomic E-state index is 12.7. The summed E-state index contributed by atoms with van der Waals surface area (Å²) < 4.78 is 6.17. The van der Waals surface area contributed by atoms with Crippen molar-refractivity contribution in [3.05, 3.63) is 83.9 Å². The van der Waals surface area contributed by atoms with Crippen molar-refractivity contribution in [1.29, 1.82) is 0 Å². The molecule has 2 heterocycles. The Balaban J connectivity index is 1.30. The lowest BCUT2D eigenvalue weighted by molar-refractivity contribution is 0.0951. The predicted molar refractivity (Wildman–Crippen MR) is 130 cm³/mol. The van der Waals surface area contributed by atoms with Gasteiger partial charge in [-0.15, -0.1) is 0 Å². The summed E-state index contributed by atoms with van der Waals surface area (Å²) in [5.74, 6) is 0.781. The van der Waals surface area contributed by atoms with E-state index >= 15 is 0 Å². The molecule has 3 aromatic carbocycles. The average molecular weight is 441 g/mol. The number of carbonyl (C=O) groups is 1. The van der Waals surface area contributed by atoms with Gasteiger partial charge in [-0.1, -0.05) is 30.3 Å². The van der Waals surface area contributed by atoms with Gasteiger partial charge in [0.25, 0.3) is 5.91 Å². The zero-order chi connectivity index (χ0) is 22.6.